The molecule has 2 heterocycles. The van der Waals surface area contributed by atoms with Crippen LogP contribution in [0.4, 0.5) is 0 Å². The van der Waals surface area contributed by atoms with E-state index in [9.17, 15) is 0 Å². The van der Waals surface area contributed by atoms with Gasteiger partial charge in [0.2, 0.25) is 0 Å². The van der Waals surface area contributed by atoms with Crippen LogP contribution in [0.25, 0.3) is 21.8 Å². The Bertz CT molecular complexity index is 1570. The Morgan fingerprint density at radius 2 is 1.00 bits per heavy atom. The highest BCUT2D eigenvalue weighted by molar-refractivity contribution is 6.17. The van der Waals surface area contributed by atoms with Gasteiger partial charge in [-0.3, -0.25) is 0 Å². The standard InChI is InChI=1S/C18H20N2.C17H16ClN/c1-19-13-11-18(15-7-3-2-4-8-15)20-14-12-16-9-5-6-10-17(16)20;18-12-10-17(14-6-2-1-3-7-14)19-13-11-15-8-4-5-9-16(15)19/h2-10,12,14,18-19H,11,13H2,1H3;1-9,11,13,17H,10,12H2. The summed E-state index contributed by atoms with van der Waals surface area (Å²) >= 11 is 6.00. The maximum absolute atomic E-state index is 6.00. The highest BCUT2D eigenvalue weighted by atomic mass is 35.5. The van der Waals surface area contributed by atoms with Crippen molar-refractivity contribution >= 4 is 33.4 Å². The fraction of sp³-hybridized carbons (Fsp3) is 0.200. The van der Waals surface area contributed by atoms with E-state index in [1.165, 1.54) is 32.9 Å². The number of nitrogens with zero attached hydrogens (tertiary/aromatic N) is 2. The number of alkyl halides is 1. The molecule has 0 fully saturated rings. The number of para-hydroxylation sites is 2. The lowest BCUT2D eigenvalue weighted by molar-refractivity contribution is 0.539. The van der Waals surface area contributed by atoms with Crippen molar-refractivity contribution in [3.8, 4) is 0 Å². The summed E-state index contributed by atoms with van der Waals surface area (Å²) in [6, 6.07) is 43.4. The van der Waals surface area contributed by atoms with Crippen LogP contribution in [-0.2, 0) is 0 Å². The van der Waals surface area contributed by atoms with Gasteiger partial charge in [0.15, 0.2) is 0 Å². The van der Waals surface area contributed by atoms with E-state index in [2.05, 4.69) is 148 Å². The maximum atomic E-state index is 6.00. The molecule has 0 aliphatic rings. The van der Waals surface area contributed by atoms with Crippen molar-refractivity contribution in [3.63, 3.8) is 0 Å². The van der Waals surface area contributed by atoms with Gasteiger partial charge in [0.1, 0.15) is 0 Å². The number of benzene rings is 4. The molecule has 6 aromatic rings. The molecule has 2 aromatic heterocycles. The minimum Gasteiger partial charge on any atom is -0.340 e. The van der Waals surface area contributed by atoms with Gasteiger partial charge in [-0.15, -0.1) is 11.6 Å². The maximum Gasteiger partial charge on any atom is 0.0598 e. The van der Waals surface area contributed by atoms with Gasteiger partial charge in [0, 0.05) is 29.3 Å². The second-order valence-corrected chi connectivity index (χ2v) is 10.2. The van der Waals surface area contributed by atoms with Crippen LogP contribution in [0.3, 0.4) is 0 Å². The number of hydrogen-bond donors (Lipinski definition) is 1. The van der Waals surface area contributed by atoms with Crippen LogP contribution < -0.4 is 5.32 Å². The van der Waals surface area contributed by atoms with E-state index in [4.69, 9.17) is 11.6 Å². The number of nitrogens with one attached hydrogen (secondary N) is 1. The van der Waals surface area contributed by atoms with E-state index >= 15 is 0 Å². The molecule has 0 aliphatic carbocycles. The van der Waals surface area contributed by atoms with Crippen molar-refractivity contribution in [1.29, 1.82) is 0 Å². The Hall–Kier alpha value is -3.79. The number of fused-ring (bicyclic) bond motifs is 2. The van der Waals surface area contributed by atoms with Gasteiger partial charge in [-0.2, -0.15) is 0 Å². The van der Waals surface area contributed by atoms with Gasteiger partial charge in [-0.05, 0) is 72.6 Å². The Morgan fingerprint density at radius 1 is 0.564 bits per heavy atom. The first kappa shape index (κ1) is 26.8. The Morgan fingerprint density at radius 3 is 1.46 bits per heavy atom. The third kappa shape index (κ3) is 6.27. The molecule has 2 atom stereocenters. The van der Waals surface area contributed by atoms with Crippen molar-refractivity contribution in [2.24, 2.45) is 0 Å². The summed E-state index contributed by atoms with van der Waals surface area (Å²) in [7, 11) is 2.01. The fourth-order valence-corrected chi connectivity index (χ4v) is 5.63. The van der Waals surface area contributed by atoms with Crippen LogP contribution in [0.15, 0.2) is 134 Å². The molecule has 0 radical (unpaired) electrons. The van der Waals surface area contributed by atoms with Gasteiger partial charge >= 0.3 is 0 Å². The van der Waals surface area contributed by atoms with Crippen LogP contribution in [0.5, 0.6) is 0 Å². The van der Waals surface area contributed by atoms with Gasteiger partial charge in [0.25, 0.3) is 0 Å². The summed E-state index contributed by atoms with van der Waals surface area (Å²) in [6.07, 6.45) is 6.39. The number of hydrogen-bond acceptors (Lipinski definition) is 1. The van der Waals surface area contributed by atoms with Crippen molar-refractivity contribution in [2.45, 2.75) is 24.9 Å². The lowest BCUT2D eigenvalue weighted by atomic mass is 10.0. The minimum absolute atomic E-state index is 0.304. The predicted molar refractivity (Wildman–Crippen MR) is 167 cm³/mol. The van der Waals surface area contributed by atoms with Crippen molar-refractivity contribution in [3.05, 3.63) is 145 Å². The molecule has 39 heavy (non-hydrogen) atoms. The first-order valence-electron chi connectivity index (χ1n) is 13.7. The van der Waals surface area contributed by atoms with E-state index < -0.39 is 0 Å². The van der Waals surface area contributed by atoms with E-state index in [1.807, 2.05) is 7.05 Å². The molecule has 1 N–H and O–H groups in total. The molecule has 0 aliphatic heterocycles. The molecule has 0 bridgehead atoms. The zero-order valence-corrected chi connectivity index (χ0v) is 23.2. The zero-order valence-electron chi connectivity index (χ0n) is 22.5. The van der Waals surface area contributed by atoms with Gasteiger partial charge in [-0.25, -0.2) is 0 Å². The molecule has 3 nitrogen and oxygen atoms in total. The molecular weight excluding hydrogens is 498 g/mol. The predicted octanol–water partition coefficient (Wildman–Crippen LogP) is 8.70. The summed E-state index contributed by atoms with van der Waals surface area (Å²) < 4.78 is 4.72. The topological polar surface area (TPSA) is 21.9 Å². The summed E-state index contributed by atoms with van der Waals surface area (Å²) in [5, 5.41) is 5.84. The van der Waals surface area contributed by atoms with E-state index in [1.54, 1.807) is 0 Å². The largest absolute Gasteiger partial charge is 0.340 e. The number of halogens is 1. The smallest absolute Gasteiger partial charge is 0.0598 e. The third-order valence-corrected chi connectivity index (χ3v) is 7.57. The molecule has 4 heteroatoms. The lowest BCUT2D eigenvalue weighted by Gasteiger charge is -2.21. The third-order valence-electron chi connectivity index (χ3n) is 7.35. The first-order chi connectivity index (χ1) is 19.3. The Balaban J connectivity index is 0.000000158. The monoisotopic (exact) mass is 533 g/mol. The second kappa shape index (κ2) is 13.3. The second-order valence-electron chi connectivity index (χ2n) is 9.79. The molecule has 6 rings (SSSR count). The first-order valence-corrected chi connectivity index (χ1v) is 14.2. The van der Waals surface area contributed by atoms with Gasteiger partial charge < -0.3 is 14.5 Å². The molecule has 0 saturated heterocycles. The van der Waals surface area contributed by atoms with Crippen molar-refractivity contribution < 1.29 is 0 Å². The average Bonchev–Trinajstić information content (AvgIpc) is 3.62. The molecule has 2 unspecified atom stereocenters. The number of rotatable bonds is 9. The van der Waals surface area contributed by atoms with Crippen LogP contribution in [0.1, 0.15) is 36.1 Å². The van der Waals surface area contributed by atoms with Crippen LogP contribution >= 0.6 is 11.6 Å². The van der Waals surface area contributed by atoms with E-state index in [0.29, 0.717) is 18.0 Å². The van der Waals surface area contributed by atoms with E-state index in [0.717, 1.165) is 19.4 Å². The highest BCUT2D eigenvalue weighted by Gasteiger charge is 2.15. The lowest BCUT2D eigenvalue weighted by Crippen LogP contribution is -2.17. The van der Waals surface area contributed by atoms with Crippen LogP contribution in [0, 0.1) is 0 Å². The molecular formula is C35H36ClN3. The average molecular weight is 534 g/mol. The Labute approximate surface area is 236 Å². The molecule has 0 amide bonds. The molecule has 198 valence electrons. The highest BCUT2D eigenvalue weighted by Crippen LogP contribution is 2.29. The minimum atomic E-state index is 0.304. The van der Waals surface area contributed by atoms with Crippen LogP contribution in [-0.4, -0.2) is 28.6 Å². The van der Waals surface area contributed by atoms with E-state index in [-0.39, 0.29) is 0 Å². The Kier molecular flexibility index (Phi) is 9.16. The summed E-state index contributed by atoms with van der Waals surface area (Å²) in [6.45, 7) is 1.01. The normalized spacial score (nSPS) is 12.7. The van der Waals surface area contributed by atoms with Crippen LogP contribution in [0.2, 0.25) is 0 Å². The fourth-order valence-electron chi connectivity index (χ4n) is 5.42. The molecule has 0 spiro atoms. The van der Waals surface area contributed by atoms with Crippen molar-refractivity contribution in [1.82, 2.24) is 14.5 Å². The van der Waals surface area contributed by atoms with Gasteiger partial charge in [0.05, 0.1) is 12.1 Å². The summed E-state index contributed by atoms with van der Waals surface area (Å²) in [5.41, 5.74) is 5.24. The van der Waals surface area contributed by atoms with Gasteiger partial charge in [-0.1, -0.05) is 97.1 Å². The SMILES string of the molecule is CNCCC(c1ccccc1)n1ccc2ccccc21.ClCCC(c1ccccc1)n1ccc2ccccc21. The quantitative estimate of drug-likeness (QED) is 0.184. The van der Waals surface area contributed by atoms with Crippen molar-refractivity contribution in [2.75, 3.05) is 19.5 Å². The molecule has 4 aromatic carbocycles. The number of aromatic nitrogens is 2. The zero-order chi connectivity index (χ0) is 26.9. The molecule has 0 saturated carbocycles. The summed E-state index contributed by atoms with van der Waals surface area (Å²) in [5.74, 6) is 0.659. The summed E-state index contributed by atoms with van der Waals surface area (Å²) in [4.78, 5) is 0.